The van der Waals surface area contributed by atoms with E-state index in [-0.39, 0.29) is 0 Å². The molecule has 2 aliphatic rings. The van der Waals surface area contributed by atoms with E-state index in [0.29, 0.717) is 6.10 Å². The smallest absolute Gasteiger partial charge is 0.0954 e. The zero-order valence-electron chi connectivity index (χ0n) is 5.42. The van der Waals surface area contributed by atoms with Gasteiger partial charge >= 0.3 is 0 Å². The molecule has 0 spiro atoms. The number of rotatable bonds is 1. The van der Waals surface area contributed by atoms with Crippen LogP contribution in [0.2, 0.25) is 0 Å². The van der Waals surface area contributed by atoms with Crippen LogP contribution in [0.1, 0.15) is 6.42 Å². The third-order valence-corrected chi connectivity index (χ3v) is 2.45. The van der Waals surface area contributed by atoms with Crippen molar-refractivity contribution in [3.8, 4) is 0 Å². The molecule has 2 bridgehead atoms. The van der Waals surface area contributed by atoms with Gasteiger partial charge in [-0.15, -0.1) is 0 Å². The second kappa shape index (κ2) is 1.94. The van der Waals surface area contributed by atoms with Crippen molar-refractivity contribution in [3.63, 3.8) is 0 Å². The van der Waals surface area contributed by atoms with Crippen LogP contribution in [0.15, 0.2) is 0 Å². The van der Waals surface area contributed by atoms with Crippen LogP contribution in [0.4, 0.5) is 0 Å². The van der Waals surface area contributed by atoms with Gasteiger partial charge in [0.1, 0.15) is 0 Å². The van der Waals surface area contributed by atoms with Crippen LogP contribution < -0.4 is 5.90 Å². The Morgan fingerprint density at radius 1 is 1.44 bits per heavy atom. The summed E-state index contributed by atoms with van der Waals surface area (Å²) < 4.78 is 0. The highest BCUT2D eigenvalue weighted by Crippen LogP contribution is 2.28. The highest BCUT2D eigenvalue weighted by atomic mass is 16.6. The molecule has 3 heteroatoms. The van der Waals surface area contributed by atoms with Crippen LogP contribution in [0, 0.1) is 5.92 Å². The minimum Gasteiger partial charge on any atom is -0.300 e. The van der Waals surface area contributed by atoms with E-state index in [2.05, 4.69) is 4.90 Å². The van der Waals surface area contributed by atoms with Crippen LogP contribution >= 0.6 is 0 Å². The number of piperidine rings is 1. The monoisotopic (exact) mass is 128 g/mol. The van der Waals surface area contributed by atoms with Gasteiger partial charge in [0, 0.05) is 19.0 Å². The van der Waals surface area contributed by atoms with Crippen molar-refractivity contribution in [1.82, 2.24) is 4.90 Å². The summed E-state index contributed by atoms with van der Waals surface area (Å²) in [5.74, 6) is 5.83. The molecule has 0 saturated carbocycles. The molecule has 2 saturated heterocycles. The number of fused-ring (bicyclic) bond motifs is 2. The van der Waals surface area contributed by atoms with Gasteiger partial charge in [0.25, 0.3) is 0 Å². The maximum Gasteiger partial charge on any atom is 0.0954 e. The molecule has 3 atom stereocenters. The number of nitrogens with zero attached hydrogens (tertiary/aromatic N) is 1. The van der Waals surface area contributed by atoms with Gasteiger partial charge < -0.3 is 4.90 Å². The van der Waals surface area contributed by atoms with Gasteiger partial charge in [-0.25, -0.2) is 5.90 Å². The van der Waals surface area contributed by atoms with Gasteiger partial charge in [-0.3, -0.25) is 4.84 Å². The summed E-state index contributed by atoms with van der Waals surface area (Å²) in [5.41, 5.74) is 0. The van der Waals surface area contributed by atoms with E-state index < -0.39 is 0 Å². The van der Waals surface area contributed by atoms with Crippen molar-refractivity contribution >= 4 is 0 Å². The summed E-state index contributed by atoms with van der Waals surface area (Å²) in [7, 11) is 0. The minimum absolute atomic E-state index is 0.332. The summed E-state index contributed by atoms with van der Waals surface area (Å²) in [6.07, 6.45) is 1.61. The van der Waals surface area contributed by atoms with Crippen molar-refractivity contribution < 1.29 is 4.84 Å². The molecule has 2 aliphatic heterocycles. The Kier molecular flexibility index (Phi) is 1.22. The molecular formula is C6H12N2O. The molecule has 0 aliphatic carbocycles. The first-order valence-corrected chi connectivity index (χ1v) is 3.48. The fourth-order valence-corrected chi connectivity index (χ4v) is 1.89. The fraction of sp³-hybridized carbons (Fsp3) is 1.00. The Morgan fingerprint density at radius 2 is 2.33 bits per heavy atom. The van der Waals surface area contributed by atoms with Crippen molar-refractivity contribution in [2.45, 2.75) is 12.5 Å². The fourth-order valence-electron chi connectivity index (χ4n) is 1.89. The minimum atomic E-state index is 0.332. The van der Waals surface area contributed by atoms with Crippen LogP contribution in [0.3, 0.4) is 0 Å². The SMILES string of the molecule is NO[C@@H]1CN2CC[C@@H]1C2. The second-order valence-corrected chi connectivity index (χ2v) is 2.98. The van der Waals surface area contributed by atoms with Gasteiger partial charge in [-0.05, 0) is 13.0 Å². The first-order valence-electron chi connectivity index (χ1n) is 3.48. The number of nitrogens with two attached hydrogens (primary N) is 1. The van der Waals surface area contributed by atoms with Gasteiger partial charge in [0.05, 0.1) is 6.10 Å². The third kappa shape index (κ3) is 0.764. The second-order valence-electron chi connectivity index (χ2n) is 2.98. The zero-order valence-corrected chi connectivity index (χ0v) is 5.42. The van der Waals surface area contributed by atoms with Crippen molar-refractivity contribution in [2.24, 2.45) is 11.8 Å². The van der Waals surface area contributed by atoms with Crippen molar-refractivity contribution in [2.75, 3.05) is 19.6 Å². The van der Waals surface area contributed by atoms with E-state index in [0.717, 1.165) is 12.5 Å². The molecular weight excluding hydrogens is 116 g/mol. The van der Waals surface area contributed by atoms with E-state index in [1.165, 1.54) is 19.5 Å². The Labute approximate surface area is 54.7 Å². The average molecular weight is 128 g/mol. The predicted molar refractivity (Wildman–Crippen MR) is 33.6 cm³/mol. The Morgan fingerprint density at radius 3 is 2.67 bits per heavy atom. The summed E-state index contributed by atoms with van der Waals surface area (Å²) in [6, 6.07) is 0. The molecule has 0 aromatic carbocycles. The van der Waals surface area contributed by atoms with Crippen LogP contribution in [0.5, 0.6) is 0 Å². The van der Waals surface area contributed by atoms with Gasteiger partial charge in [-0.1, -0.05) is 0 Å². The highest BCUT2D eigenvalue weighted by molar-refractivity contribution is 4.90. The lowest BCUT2D eigenvalue weighted by Gasteiger charge is -2.18. The van der Waals surface area contributed by atoms with Crippen LogP contribution in [-0.4, -0.2) is 30.6 Å². The first-order chi connectivity index (χ1) is 4.40. The molecule has 2 rings (SSSR count). The summed E-state index contributed by atoms with van der Waals surface area (Å²) in [6.45, 7) is 3.52. The predicted octanol–water partition coefficient (Wildman–Crippen LogP) is -0.419. The molecule has 0 aromatic heterocycles. The lowest BCUT2D eigenvalue weighted by Crippen LogP contribution is -2.31. The zero-order chi connectivity index (χ0) is 6.27. The maximum absolute atomic E-state index is 5.09. The third-order valence-electron chi connectivity index (χ3n) is 2.45. The van der Waals surface area contributed by atoms with E-state index >= 15 is 0 Å². The molecule has 0 amide bonds. The quantitative estimate of drug-likeness (QED) is 0.487. The maximum atomic E-state index is 5.09. The standard InChI is InChI=1S/C6H12N2O/c7-9-6-4-8-2-1-5(6)3-8/h5-6H,1-4,7H2/t5-,6-/m1/s1. The van der Waals surface area contributed by atoms with E-state index in [1.54, 1.807) is 0 Å². The molecule has 2 heterocycles. The molecule has 1 unspecified atom stereocenters. The molecule has 2 fully saturated rings. The Hall–Kier alpha value is -0.120. The summed E-state index contributed by atoms with van der Waals surface area (Å²) >= 11 is 0. The lowest BCUT2D eigenvalue weighted by molar-refractivity contribution is 0.0210. The van der Waals surface area contributed by atoms with Crippen LogP contribution in [0.25, 0.3) is 0 Å². The van der Waals surface area contributed by atoms with E-state index in [1.807, 2.05) is 0 Å². The lowest BCUT2D eigenvalue weighted by atomic mass is 10.0. The normalized spacial score (nSPS) is 48.3. The van der Waals surface area contributed by atoms with Crippen molar-refractivity contribution in [3.05, 3.63) is 0 Å². The van der Waals surface area contributed by atoms with E-state index in [9.17, 15) is 0 Å². The van der Waals surface area contributed by atoms with Gasteiger partial charge in [0.2, 0.25) is 0 Å². The highest BCUT2D eigenvalue weighted by Gasteiger charge is 2.38. The Bertz CT molecular complexity index is 118. The Balaban J connectivity index is 2.01. The van der Waals surface area contributed by atoms with Crippen LogP contribution in [-0.2, 0) is 4.84 Å². The molecule has 0 aromatic rings. The summed E-state index contributed by atoms with van der Waals surface area (Å²) in [4.78, 5) is 7.21. The van der Waals surface area contributed by atoms with Crippen molar-refractivity contribution in [1.29, 1.82) is 0 Å². The van der Waals surface area contributed by atoms with Gasteiger partial charge in [-0.2, -0.15) is 0 Å². The van der Waals surface area contributed by atoms with Gasteiger partial charge in [0.15, 0.2) is 0 Å². The molecule has 0 radical (unpaired) electrons. The largest absolute Gasteiger partial charge is 0.300 e. The molecule has 52 valence electrons. The summed E-state index contributed by atoms with van der Waals surface area (Å²) in [5, 5.41) is 0. The van der Waals surface area contributed by atoms with E-state index in [4.69, 9.17) is 10.7 Å². The molecule has 2 N–H and O–H groups in total. The number of hydrogen-bond acceptors (Lipinski definition) is 3. The average Bonchev–Trinajstić information content (AvgIpc) is 2.45. The molecule has 3 nitrogen and oxygen atoms in total. The topological polar surface area (TPSA) is 38.5 Å². The molecule has 9 heavy (non-hydrogen) atoms. The number of hydrogen-bond donors (Lipinski definition) is 1. The first kappa shape index (κ1) is 5.65.